The molecule has 0 aliphatic rings. The average Bonchev–Trinajstić information content (AvgIpc) is 2.37. The Bertz CT molecular complexity index is 270. The molecule has 0 N–H and O–H groups in total. The minimum absolute atomic E-state index is 0.0442. The van der Waals surface area contributed by atoms with Gasteiger partial charge in [0, 0.05) is 38.5 Å². The maximum absolute atomic E-state index is 5.87. The molecule has 0 fully saturated rings. The molecular formula is C15H36O4Si2. The molecule has 0 aliphatic carbocycles. The van der Waals surface area contributed by atoms with Crippen molar-refractivity contribution in [3.05, 3.63) is 0 Å². The molecule has 0 bridgehead atoms. The van der Waals surface area contributed by atoms with E-state index in [9.17, 15) is 0 Å². The Morgan fingerprint density at radius 1 is 0.571 bits per heavy atom. The van der Waals surface area contributed by atoms with Gasteiger partial charge in [-0.2, -0.15) is 0 Å². The molecule has 0 spiro atoms. The Hall–Kier alpha value is 0.274. The molecule has 0 unspecified atom stereocenters. The van der Waals surface area contributed by atoms with Crippen molar-refractivity contribution in [3.8, 4) is 0 Å². The van der Waals surface area contributed by atoms with Crippen molar-refractivity contribution < 1.29 is 17.7 Å². The van der Waals surface area contributed by atoms with E-state index in [1.165, 1.54) is 0 Å². The minimum Gasteiger partial charge on any atom is -0.397 e. The summed E-state index contributed by atoms with van der Waals surface area (Å²) in [5, 5.41) is 0.0885. The highest BCUT2D eigenvalue weighted by Gasteiger charge is 2.51. The van der Waals surface area contributed by atoms with Crippen molar-refractivity contribution in [2.75, 3.05) is 28.4 Å². The summed E-state index contributed by atoms with van der Waals surface area (Å²) in [4.78, 5) is 0. The van der Waals surface area contributed by atoms with Crippen molar-refractivity contribution in [2.45, 2.75) is 70.1 Å². The van der Waals surface area contributed by atoms with Crippen LogP contribution in [0.15, 0.2) is 0 Å². The number of hydrogen-bond donors (Lipinski definition) is 0. The topological polar surface area (TPSA) is 36.9 Å². The fraction of sp³-hybridized carbons (Fsp3) is 1.00. The van der Waals surface area contributed by atoms with Crippen LogP contribution in [-0.4, -0.2) is 45.6 Å². The van der Waals surface area contributed by atoms with Crippen molar-refractivity contribution >= 4 is 17.1 Å². The second-order valence-electron chi connectivity index (χ2n) is 7.68. The molecule has 6 heteroatoms. The van der Waals surface area contributed by atoms with Gasteiger partial charge in [-0.1, -0.05) is 41.5 Å². The zero-order valence-corrected chi connectivity index (χ0v) is 17.8. The normalized spacial score (nSPS) is 14.6. The highest BCUT2D eigenvalue weighted by atomic mass is 28.4. The zero-order chi connectivity index (χ0) is 16.9. The smallest absolute Gasteiger partial charge is 0.343 e. The summed E-state index contributed by atoms with van der Waals surface area (Å²) < 4.78 is 23.5. The van der Waals surface area contributed by atoms with Crippen LogP contribution in [0.4, 0.5) is 0 Å². The van der Waals surface area contributed by atoms with Crippen molar-refractivity contribution in [2.24, 2.45) is 0 Å². The number of hydrogen-bond acceptors (Lipinski definition) is 4. The third kappa shape index (κ3) is 4.62. The Balaban J connectivity index is 5.00. The highest BCUT2D eigenvalue weighted by molar-refractivity contribution is 6.72. The molecule has 0 saturated heterocycles. The molecule has 0 saturated carbocycles. The SMILES string of the molecule is CO[Si](CCC[Si](OC)(OC)C(C)(C)C)(OC)C(C)(C)C. The van der Waals surface area contributed by atoms with Crippen LogP contribution >= 0.6 is 0 Å². The van der Waals surface area contributed by atoms with E-state index in [2.05, 4.69) is 41.5 Å². The van der Waals surface area contributed by atoms with Crippen molar-refractivity contribution in [1.29, 1.82) is 0 Å². The third-order valence-electron chi connectivity index (χ3n) is 4.62. The van der Waals surface area contributed by atoms with Crippen LogP contribution in [0.25, 0.3) is 0 Å². The van der Waals surface area contributed by atoms with Gasteiger partial charge in [-0.25, -0.2) is 0 Å². The van der Waals surface area contributed by atoms with Crippen LogP contribution in [0, 0.1) is 0 Å². The van der Waals surface area contributed by atoms with E-state index < -0.39 is 17.1 Å². The molecule has 0 aliphatic heterocycles. The van der Waals surface area contributed by atoms with Gasteiger partial charge in [0.2, 0.25) is 0 Å². The molecule has 0 heterocycles. The van der Waals surface area contributed by atoms with Gasteiger partial charge >= 0.3 is 17.1 Å². The van der Waals surface area contributed by atoms with E-state index in [1.54, 1.807) is 28.4 Å². The van der Waals surface area contributed by atoms with E-state index in [0.29, 0.717) is 0 Å². The molecule has 128 valence electrons. The van der Waals surface area contributed by atoms with Crippen LogP contribution in [0.2, 0.25) is 22.2 Å². The first-order valence-electron chi connectivity index (χ1n) is 7.66. The van der Waals surface area contributed by atoms with Gasteiger partial charge in [0.25, 0.3) is 0 Å². The van der Waals surface area contributed by atoms with Gasteiger partial charge in [-0.15, -0.1) is 0 Å². The summed E-state index contributed by atoms with van der Waals surface area (Å²) >= 11 is 0. The van der Waals surface area contributed by atoms with Crippen LogP contribution in [0.3, 0.4) is 0 Å². The highest BCUT2D eigenvalue weighted by Crippen LogP contribution is 2.44. The number of rotatable bonds is 8. The quantitative estimate of drug-likeness (QED) is 0.614. The predicted octanol–water partition coefficient (Wildman–Crippen LogP) is 4.45. The summed E-state index contributed by atoms with van der Waals surface area (Å²) in [6.07, 6.45) is 1.01. The molecule has 0 aromatic heterocycles. The second-order valence-corrected chi connectivity index (χ2v) is 16.3. The van der Waals surface area contributed by atoms with Crippen LogP contribution in [0.5, 0.6) is 0 Å². The van der Waals surface area contributed by atoms with Gasteiger partial charge < -0.3 is 17.7 Å². The Morgan fingerprint density at radius 3 is 0.952 bits per heavy atom. The molecule has 0 amide bonds. The standard InChI is InChI=1S/C15H36O4Si2/c1-14(2,3)20(16-7,17-8)12-11-13-21(18-9,19-10)15(4,5)6/h11-13H2,1-10H3. The Labute approximate surface area is 134 Å². The van der Waals surface area contributed by atoms with Gasteiger partial charge in [0.15, 0.2) is 0 Å². The Kier molecular flexibility index (Phi) is 7.80. The van der Waals surface area contributed by atoms with E-state index in [0.717, 1.165) is 18.5 Å². The molecule has 0 radical (unpaired) electrons. The fourth-order valence-corrected chi connectivity index (χ4v) is 9.84. The van der Waals surface area contributed by atoms with Crippen LogP contribution < -0.4 is 0 Å². The monoisotopic (exact) mass is 336 g/mol. The summed E-state index contributed by atoms with van der Waals surface area (Å²) in [6, 6.07) is 1.92. The first-order chi connectivity index (χ1) is 9.45. The van der Waals surface area contributed by atoms with E-state index >= 15 is 0 Å². The lowest BCUT2D eigenvalue weighted by Gasteiger charge is -2.41. The zero-order valence-electron chi connectivity index (χ0n) is 15.8. The predicted molar refractivity (Wildman–Crippen MR) is 93.2 cm³/mol. The molecule has 0 rings (SSSR count). The van der Waals surface area contributed by atoms with E-state index in [4.69, 9.17) is 17.7 Å². The van der Waals surface area contributed by atoms with Gasteiger partial charge in [-0.3, -0.25) is 0 Å². The summed E-state index contributed by atoms with van der Waals surface area (Å²) in [7, 11) is 2.68. The first kappa shape index (κ1) is 21.3. The Morgan fingerprint density at radius 2 is 0.810 bits per heavy atom. The molecule has 0 atom stereocenters. The van der Waals surface area contributed by atoms with Crippen LogP contribution in [0.1, 0.15) is 48.0 Å². The summed E-state index contributed by atoms with van der Waals surface area (Å²) in [6.45, 7) is 13.2. The molecule has 4 nitrogen and oxygen atoms in total. The third-order valence-corrected chi connectivity index (χ3v) is 13.8. The molecule has 0 aromatic carbocycles. The molecule has 21 heavy (non-hydrogen) atoms. The maximum atomic E-state index is 5.87. The van der Waals surface area contributed by atoms with Crippen molar-refractivity contribution in [3.63, 3.8) is 0 Å². The lowest BCUT2D eigenvalue weighted by Crippen LogP contribution is -2.51. The van der Waals surface area contributed by atoms with Gasteiger partial charge in [0.05, 0.1) is 0 Å². The van der Waals surface area contributed by atoms with Gasteiger partial charge in [-0.05, 0) is 18.5 Å². The largest absolute Gasteiger partial charge is 0.397 e. The molecule has 0 aromatic rings. The van der Waals surface area contributed by atoms with Crippen LogP contribution in [-0.2, 0) is 17.7 Å². The van der Waals surface area contributed by atoms with Gasteiger partial charge in [0.1, 0.15) is 0 Å². The van der Waals surface area contributed by atoms with E-state index in [1.807, 2.05) is 0 Å². The summed E-state index contributed by atoms with van der Waals surface area (Å²) in [5.74, 6) is 0. The fourth-order valence-electron chi connectivity index (χ4n) is 3.10. The molecular weight excluding hydrogens is 300 g/mol. The maximum Gasteiger partial charge on any atom is 0.343 e. The second kappa shape index (κ2) is 7.70. The van der Waals surface area contributed by atoms with E-state index in [-0.39, 0.29) is 10.1 Å². The summed E-state index contributed by atoms with van der Waals surface area (Å²) in [5.41, 5.74) is 0. The first-order valence-corrected chi connectivity index (χ1v) is 11.7. The lowest BCUT2D eigenvalue weighted by atomic mass is 10.2. The van der Waals surface area contributed by atoms with Crippen molar-refractivity contribution in [1.82, 2.24) is 0 Å². The average molecular weight is 337 g/mol. The minimum atomic E-state index is -2.22. The lowest BCUT2D eigenvalue weighted by molar-refractivity contribution is 0.205.